The molecule has 5 atom stereocenters. The molecular weight excluding hydrogens is 472 g/mol. The third-order valence-corrected chi connectivity index (χ3v) is 11.5. The number of methoxy groups -OCH3 is 1. The number of carbonyl (C=O) groups is 1. The smallest absolute Gasteiger partial charge is 0.330 e. The van der Waals surface area contributed by atoms with Crippen LogP contribution >= 0.6 is 15.9 Å². The summed E-state index contributed by atoms with van der Waals surface area (Å²) >= 11 is 3.40. The van der Waals surface area contributed by atoms with Crippen LogP contribution in [0.5, 0.6) is 0 Å². The fraction of sp³-hybridized carbons (Fsp3) is 0.720. The first-order chi connectivity index (χ1) is 14.1. The Morgan fingerprint density at radius 1 is 1.26 bits per heavy atom. The number of aliphatic hydroxyl groups is 1. The molecule has 0 aromatic heterocycles. The van der Waals surface area contributed by atoms with Crippen molar-refractivity contribution >= 4 is 30.2 Å². The number of alkyl halides is 1. The van der Waals surface area contributed by atoms with Crippen molar-refractivity contribution in [1.29, 1.82) is 0 Å². The summed E-state index contributed by atoms with van der Waals surface area (Å²) in [6, 6.07) is 0. The van der Waals surface area contributed by atoms with Gasteiger partial charge in [-0.05, 0) is 37.4 Å². The van der Waals surface area contributed by atoms with Crippen molar-refractivity contribution in [1.82, 2.24) is 0 Å². The highest BCUT2D eigenvalue weighted by atomic mass is 79.9. The lowest BCUT2D eigenvalue weighted by Crippen LogP contribution is -2.49. The van der Waals surface area contributed by atoms with Gasteiger partial charge in [0.1, 0.15) is 0 Å². The van der Waals surface area contributed by atoms with Gasteiger partial charge >= 0.3 is 5.97 Å². The molecule has 0 saturated carbocycles. The molecule has 0 aromatic carbocycles. The second-order valence-corrected chi connectivity index (χ2v) is 15.5. The molecule has 1 N–H and O–H groups in total. The molecular formula is C25H43BrO4Si. The average Bonchev–Trinajstić information content (AvgIpc) is 2.67. The van der Waals surface area contributed by atoms with Crippen LogP contribution in [-0.2, 0) is 14.0 Å². The van der Waals surface area contributed by atoms with E-state index in [-0.39, 0.29) is 34.9 Å². The summed E-state index contributed by atoms with van der Waals surface area (Å²) in [4.78, 5) is 11.6. The maximum absolute atomic E-state index is 11.6. The Balaban J connectivity index is 5.91. The van der Waals surface area contributed by atoms with Crippen LogP contribution < -0.4 is 0 Å². The lowest BCUT2D eigenvalue weighted by molar-refractivity contribution is -0.134. The van der Waals surface area contributed by atoms with Crippen molar-refractivity contribution < 1.29 is 19.1 Å². The Morgan fingerprint density at radius 3 is 2.23 bits per heavy atom. The number of hydrogen-bond acceptors (Lipinski definition) is 4. The number of rotatable bonds is 11. The summed E-state index contributed by atoms with van der Waals surface area (Å²) in [5, 5.41) is 11.8. The Labute approximate surface area is 200 Å². The molecule has 6 heteroatoms. The van der Waals surface area contributed by atoms with Crippen molar-refractivity contribution in [2.75, 3.05) is 12.4 Å². The zero-order valence-corrected chi connectivity index (χ0v) is 23.7. The maximum Gasteiger partial charge on any atom is 0.330 e. The van der Waals surface area contributed by atoms with Gasteiger partial charge in [-0.15, -0.1) is 6.42 Å². The minimum atomic E-state index is -2.09. The van der Waals surface area contributed by atoms with Gasteiger partial charge in [0.15, 0.2) is 8.32 Å². The van der Waals surface area contributed by atoms with E-state index in [9.17, 15) is 9.90 Å². The number of esters is 1. The summed E-state index contributed by atoms with van der Waals surface area (Å²) in [5.74, 6) is 2.20. The minimum absolute atomic E-state index is 0.0463. The molecule has 0 spiro atoms. The molecule has 0 heterocycles. The first kappa shape index (κ1) is 30.1. The normalized spacial score (nSPS) is 18.5. The number of carbonyl (C=O) groups excluding carboxylic acids is 1. The van der Waals surface area contributed by atoms with Crippen LogP contribution in [0.15, 0.2) is 23.3 Å². The van der Waals surface area contributed by atoms with Gasteiger partial charge in [-0.1, -0.05) is 75.0 Å². The number of halogens is 1. The van der Waals surface area contributed by atoms with Gasteiger partial charge < -0.3 is 14.3 Å². The predicted octanol–water partition coefficient (Wildman–Crippen LogP) is 6.11. The summed E-state index contributed by atoms with van der Waals surface area (Å²) < 4.78 is 11.6. The fourth-order valence-electron chi connectivity index (χ4n) is 3.42. The summed E-state index contributed by atoms with van der Waals surface area (Å²) in [5.41, 5.74) is 1.76. The average molecular weight is 516 g/mol. The van der Waals surface area contributed by atoms with Crippen LogP contribution in [0.3, 0.4) is 0 Å². The van der Waals surface area contributed by atoms with Gasteiger partial charge in [0.05, 0.1) is 19.3 Å². The number of ether oxygens (including phenoxy) is 1. The summed E-state index contributed by atoms with van der Waals surface area (Å²) in [7, 11) is -0.709. The molecule has 0 aliphatic rings. The van der Waals surface area contributed by atoms with Crippen LogP contribution in [0, 0.1) is 30.1 Å². The van der Waals surface area contributed by atoms with Gasteiger partial charge in [0.2, 0.25) is 0 Å². The zero-order chi connectivity index (χ0) is 24.6. The fourth-order valence-corrected chi connectivity index (χ4v) is 5.25. The molecule has 0 saturated heterocycles. The lowest BCUT2D eigenvalue weighted by Gasteiger charge is -2.44. The van der Waals surface area contributed by atoms with E-state index in [1.165, 1.54) is 13.2 Å². The standard InChI is InChI=1S/C25H43BrO4Si/c1-12-21(16-26)15-18(3)23(28)20(5)24(30-31(10,11)25(6,7)8)19(4)13-17(2)14-22(27)29-9/h1,14-15,18-20,23-24,28H,13,16H2,2-11H3/b17-14+,21-15-/t18-,19+,20-,23-,24-/m1/s1. The number of terminal acetylenes is 1. The van der Waals surface area contributed by atoms with Gasteiger partial charge in [0.25, 0.3) is 0 Å². The second kappa shape index (κ2) is 13.0. The zero-order valence-electron chi connectivity index (χ0n) is 21.1. The number of aliphatic hydroxyl groups excluding tert-OH is 1. The summed E-state index contributed by atoms with van der Waals surface area (Å²) in [6.45, 7) is 19.2. The first-order valence-electron chi connectivity index (χ1n) is 11.0. The van der Waals surface area contributed by atoms with Crippen LogP contribution in [0.1, 0.15) is 54.9 Å². The van der Waals surface area contributed by atoms with Crippen molar-refractivity contribution in [3.63, 3.8) is 0 Å². The van der Waals surface area contributed by atoms with Gasteiger partial charge in [-0.3, -0.25) is 0 Å². The van der Waals surface area contributed by atoms with E-state index in [2.05, 4.69) is 62.6 Å². The van der Waals surface area contributed by atoms with E-state index >= 15 is 0 Å². The van der Waals surface area contributed by atoms with E-state index in [1.807, 2.05) is 26.8 Å². The molecule has 0 aromatic rings. The highest BCUT2D eigenvalue weighted by Crippen LogP contribution is 2.40. The van der Waals surface area contributed by atoms with Crippen molar-refractivity contribution in [3.8, 4) is 12.3 Å². The Bertz CT molecular complexity index is 685. The minimum Gasteiger partial charge on any atom is -0.466 e. The van der Waals surface area contributed by atoms with E-state index < -0.39 is 14.4 Å². The molecule has 0 unspecified atom stereocenters. The van der Waals surface area contributed by atoms with E-state index in [0.29, 0.717) is 11.8 Å². The van der Waals surface area contributed by atoms with Crippen LogP contribution in [0.25, 0.3) is 0 Å². The molecule has 0 aliphatic carbocycles. The van der Waals surface area contributed by atoms with Crippen molar-refractivity contribution in [2.45, 2.75) is 85.2 Å². The molecule has 0 rings (SSSR count). The van der Waals surface area contributed by atoms with Gasteiger partial charge in [-0.25, -0.2) is 4.79 Å². The van der Waals surface area contributed by atoms with Crippen molar-refractivity contribution in [2.24, 2.45) is 17.8 Å². The number of hydrogen-bond donors (Lipinski definition) is 1. The lowest BCUT2D eigenvalue weighted by atomic mass is 9.82. The third-order valence-electron chi connectivity index (χ3n) is 6.40. The molecule has 31 heavy (non-hydrogen) atoms. The predicted molar refractivity (Wildman–Crippen MR) is 137 cm³/mol. The highest BCUT2D eigenvalue weighted by molar-refractivity contribution is 9.09. The summed E-state index contributed by atoms with van der Waals surface area (Å²) in [6.07, 6.45) is 8.96. The Morgan fingerprint density at radius 2 is 1.81 bits per heavy atom. The molecule has 0 fully saturated rings. The van der Waals surface area contributed by atoms with Crippen molar-refractivity contribution in [3.05, 3.63) is 23.3 Å². The first-order valence-corrected chi connectivity index (χ1v) is 15.0. The van der Waals surface area contributed by atoms with Gasteiger partial charge in [-0.2, -0.15) is 0 Å². The van der Waals surface area contributed by atoms with Gasteiger partial charge in [0, 0.05) is 28.8 Å². The Hall–Kier alpha value is -0.873. The monoisotopic (exact) mass is 514 g/mol. The van der Waals surface area contributed by atoms with E-state index in [4.69, 9.17) is 15.6 Å². The molecule has 178 valence electrons. The third kappa shape index (κ3) is 9.65. The molecule has 0 amide bonds. The Kier molecular flexibility index (Phi) is 12.6. The molecule has 4 nitrogen and oxygen atoms in total. The van der Waals surface area contributed by atoms with Crippen LogP contribution in [0.2, 0.25) is 18.1 Å². The largest absolute Gasteiger partial charge is 0.466 e. The second-order valence-electron chi connectivity index (χ2n) is 10.2. The SMILES string of the molecule is C#C/C(=C/[C@@H](C)[C@@H](O)[C@@H](C)[C@H](O[Si](C)(C)C(C)(C)C)[C@@H](C)C/C(C)=C/C(=O)OC)CBr. The van der Waals surface area contributed by atoms with Crippen LogP contribution in [-0.4, -0.2) is 44.0 Å². The van der Waals surface area contributed by atoms with E-state index in [1.54, 1.807) is 0 Å². The number of allylic oxidation sites excluding steroid dienone is 2. The van der Waals surface area contributed by atoms with Crippen LogP contribution in [0.4, 0.5) is 0 Å². The molecule has 0 radical (unpaired) electrons. The molecule has 0 aliphatic heterocycles. The van der Waals surface area contributed by atoms with E-state index in [0.717, 1.165) is 11.1 Å². The molecule has 0 bridgehead atoms. The maximum atomic E-state index is 11.6. The topological polar surface area (TPSA) is 55.8 Å². The quantitative estimate of drug-likeness (QED) is 0.119. The highest BCUT2D eigenvalue weighted by Gasteiger charge is 2.43.